The maximum Gasteiger partial charge on any atom is 0.416 e. The van der Waals surface area contributed by atoms with Gasteiger partial charge in [-0.05, 0) is 42.3 Å². The maximum atomic E-state index is 13.8. The van der Waals surface area contributed by atoms with Gasteiger partial charge >= 0.3 is 6.18 Å². The molecule has 5 nitrogen and oxygen atoms in total. The van der Waals surface area contributed by atoms with Crippen LogP contribution in [0, 0.1) is 17.5 Å². The van der Waals surface area contributed by atoms with Crippen molar-refractivity contribution in [2.24, 2.45) is 5.73 Å². The van der Waals surface area contributed by atoms with Crippen molar-refractivity contribution in [2.75, 3.05) is 26.2 Å². The summed E-state index contributed by atoms with van der Waals surface area (Å²) in [4.78, 5) is 27.9. The van der Waals surface area contributed by atoms with Crippen molar-refractivity contribution in [3.8, 4) is 0 Å². The van der Waals surface area contributed by atoms with Gasteiger partial charge in [0.05, 0.1) is 5.56 Å². The third-order valence-electron chi connectivity index (χ3n) is 5.39. The van der Waals surface area contributed by atoms with Gasteiger partial charge in [0, 0.05) is 50.3 Å². The molecular formula is C22H21F6N3O2. The Hall–Kier alpha value is -3.08. The van der Waals surface area contributed by atoms with Crippen LogP contribution in [0.2, 0.25) is 0 Å². The Morgan fingerprint density at radius 1 is 0.879 bits per heavy atom. The van der Waals surface area contributed by atoms with E-state index in [1.165, 1.54) is 9.80 Å². The summed E-state index contributed by atoms with van der Waals surface area (Å²) >= 11 is 0. The van der Waals surface area contributed by atoms with Crippen LogP contribution < -0.4 is 5.73 Å². The lowest BCUT2D eigenvalue weighted by Gasteiger charge is -2.35. The predicted octanol–water partition coefficient (Wildman–Crippen LogP) is 3.37. The van der Waals surface area contributed by atoms with Crippen LogP contribution in [0.4, 0.5) is 26.3 Å². The number of hydrogen-bond acceptors (Lipinski definition) is 3. The second-order valence-electron chi connectivity index (χ2n) is 7.77. The molecule has 1 heterocycles. The number of carbonyl (C=O) groups excluding carboxylic acids is 2. The van der Waals surface area contributed by atoms with Crippen LogP contribution >= 0.6 is 0 Å². The van der Waals surface area contributed by atoms with Crippen LogP contribution in [0.15, 0.2) is 36.4 Å². The fourth-order valence-corrected chi connectivity index (χ4v) is 3.57. The summed E-state index contributed by atoms with van der Waals surface area (Å²) in [6.07, 6.45) is -4.82. The molecule has 1 aliphatic rings. The zero-order chi connectivity index (χ0) is 24.3. The minimum Gasteiger partial charge on any atom is -0.339 e. The first-order chi connectivity index (χ1) is 15.5. The van der Waals surface area contributed by atoms with Crippen molar-refractivity contribution in [3.63, 3.8) is 0 Å². The van der Waals surface area contributed by atoms with E-state index in [9.17, 15) is 35.9 Å². The van der Waals surface area contributed by atoms with Crippen LogP contribution in [-0.2, 0) is 17.4 Å². The largest absolute Gasteiger partial charge is 0.416 e. The molecule has 1 saturated heterocycles. The number of hydrogen-bond donors (Lipinski definition) is 1. The highest BCUT2D eigenvalue weighted by atomic mass is 19.4. The van der Waals surface area contributed by atoms with Crippen molar-refractivity contribution in [2.45, 2.75) is 25.1 Å². The van der Waals surface area contributed by atoms with Crippen LogP contribution in [0.1, 0.15) is 27.9 Å². The highest BCUT2D eigenvalue weighted by Gasteiger charge is 2.31. The molecule has 0 unspecified atom stereocenters. The van der Waals surface area contributed by atoms with Crippen LogP contribution in [-0.4, -0.2) is 53.8 Å². The Balaban J connectivity index is 1.51. The highest BCUT2D eigenvalue weighted by Crippen LogP contribution is 2.29. The fourth-order valence-electron chi connectivity index (χ4n) is 3.57. The molecule has 0 aromatic heterocycles. The van der Waals surface area contributed by atoms with E-state index in [-0.39, 0.29) is 56.1 Å². The van der Waals surface area contributed by atoms with E-state index >= 15 is 0 Å². The molecule has 178 valence electrons. The lowest BCUT2D eigenvalue weighted by atomic mass is 10.0. The number of nitrogens with zero attached hydrogens (tertiary/aromatic N) is 2. The van der Waals surface area contributed by atoms with E-state index in [4.69, 9.17) is 5.73 Å². The minimum atomic E-state index is -4.49. The Morgan fingerprint density at radius 2 is 1.42 bits per heavy atom. The number of piperazine rings is 1. The summed E-state index contributed by atoms with van der Waals surface area (Å²) in [6.45, 7) is 0.742. The van der Waals surface area contributed by atoms with Gasteiger partial charge in [0.1, 0.15) is 5.82 Å². The van der Waals surface area contributed by atoms with Crippen molar-refractivity contribution >= 4 is 11.8 Å². The molecule has 1 atom stereocenters. The third-order valence-corrected chi connectivity index (χ3v) is 5.39. The first kappa shape index (κ1) is 24.6. The third kappa shape index (κ3) is 6.04. The second kappa shape index (κ2) is 9.82. The quantitative estimate of drug-likeness (QED) is 0.535. The van der Waals surface area contributed by atoms with Gasteiger partial charge in [-0.3, -0.25) is 9.59 Å². The summed E-state index contributed by atoms with van der Waals surface area (Å²) in [5.74, 6) is -4.26. The predicted molar refractivity (Wildman–Crippen MR) is 107 cm³/mol. The Morgan fingerprint density at radius 3 is 2.00 bits per heavy atom. The van der Waals surface area contributed by atoms with Crippen LogP contribution in [0.3, 0.4) is 0 Å². The monoisotopic (exact) mass is 473 g/mol. The first-order valence-corrected chi connectivity index (χ1v) is 10.1. The molecule has 1 aliphatic heterocycles. The average molecular weight is 473 g/mol. The van der Waals surface area contributed by atoms with Gasteiger partial charge in [-0.25, -0.2) is 13.2 Å². The molecule has 3 rings (SSSR count). The molecule has 0 aliphatic carbocycles. The number of carbonyl (C=O) groups is 2. The summed E-state index contributed by atoms with van der Waals surface area (Å²) in [5.41, 5.74) is 5.01. The molecule has 2 aromatic carbocycles. The summed E-state index contributed by atoms with van der Waals surface area (Å²) in [5, 5.41) is 0. The molecular weight excluding hydrogens is 452 g/mol. The van der Waals surface area contributed by atoms with E-state index in [2.05, 4.69) is 0 Å². The molecule has 2 N–H and O–H groups in total. The molecule has 0 radical (unpaired) electrons. The SMILES string of the molecule is N[C@@H](CC(=O)N1CCN(C(=O)c2ccc(C(F)(F)F)cc2)CC1)Cc1cc(F)c(F)cc1F. The Kier molecular flexibility index (Phi) is 7.31. The summed E-state index contributed by atoms with van der Waals surface area (Å²) in [7, 11) is 0. The molecule has 2 aromatic rings. The number of halogens is 6. The van der Waals surface area contributed by atoms with Crippen LogP contribution in [0.25, 0.3) is 0 Å². The van der Waals surface area contributed by atoms with Gasteiger partial charge in [-0.1, -0.05) is 0 Å². The fraction of sp³-hybridized carbons (Fsp3) is 0.364. The Bertz CT molecular complexity index is 1020. The lowest BCUT2D eigenvalue weighted by molar-refractivity contribution is -0.137. The molecule has 1 fully saturated rings. The van der Waals surface area contributed by atoms with Gasteiger partial charge in [0.15, 0.2) is 11.6 Å². The Labute approximate surface area is 185 Å². The average Bonchev–Trinajstić information content (AvgIpc) is 2.76. The van der Waals surface area contributed by atoms with Gasteiger partial charge in [0.2, 0.25) is 5.91 Å². The summed E-state index contributed by atoms with van der Waals surface area (Å²) in [6, 6.07) is 4.20. The topological polar surface area (TPSA) is 66.6 Å². The molecule has 33 heavy (non-hydrogen) atoms. The number of alkyl halides is 3. The number of benzene rings is 2. The van der Waals surface area contributed by atoms with Crippen molar-refractivity contribution in [1.82, 2.24) is 9.80 Å². The van der Waals surface area contributed by atoms with Crippen molar-refractivity contribution in [1.29, 1.82) is 0 Å². The molecule has 2 amide bonds. The van der Waals surface area contributed by atoms with E-state index in [1.807, 2.05) is 0 Å². The number of amides is 2. The van der Waals surface area contributed by atoms with Crippen molar-refractivity contribution in [3.05, 3.63) is 70.5 Å². The van der Waals surface area contributed by atoms with Gasteiger partial charge in [-0.15, -0.1) is 0 Å². The van der Waals surface area contributed by atoms with E-state index in [0.29, 0.717) is 12.1 Å². The van der Waals surface area contributed by atoms with Crippen LogP contribution in [0.5, 0.6) is 0 Å². The standard InChI is InChI=1S/C22H21F6N3O2/c23-17-12-19(25)18(24)10-14(17)9-16(29)11-20(32)30-5-7-31(8-6-30)21(33)13-1-3-15(4-2-13)22(26,27)28/h1-4,10,12,16H,5-9,11,29H2/t16-/m1/s1. The van der Waals surface area contributed by atoms with E-state index in [0.717, 1.165) is 24.3 Å². The zero-order valence-corrected chi connectivity index (χ0v) is 17.3. The molecule has 0 spiro atoms. The normalized spacial score (nSPS) is 15.5. The van der Waals surface area contributed by atoms with E-state index < -0.39 is 41.1 Å². The summed E-state index contributed by atoms with van der Waals surface area (Å²) < 4.78 is 78.1. The van der Waals surface area contributed by atoms with Crippen molar-refractivity contribution < 1.29 is 35.9 Å². The number of nitrogens with two attached hydrogens (primary N) is 1. The molecule has 11 heteroatoms. The molecule has 0 saturated carbocycles. The van der Waals surface area contributed by atoms with Gasteiger partial charge in [-0.2, -0.15) is 13.2 Å². The minimum absolute atomic E-state index is 0.110. The first-order valence-electron chi connectivity index (χ1n) is 10.1. The number of rotatable bonds is 5. The second-order valence-corrected chi connectivity index (χ2v) is 7.77. The highest BCUT2D eigenvalue weighted by molar-refractivity contribution is 5.94. The van der Waals surface area contributed by atoms with E-state index in [1.54, 1.807) is 0 Å². The van der Waals surface area contributed by atoms with Gasteiger partial charge < -0.3 is 15.5 Å². The maximum absolute atomic E-state index is 13.8. The van der Waals surface area contributed by atoms with Gasteiger partial charge in [0.25, 0.3) is 5.91 Å². The zero-order valence-electron chi connectivity index (χ0n) is 17.3. The lowest BCUT2D eigenvalue weighted by Crippen LogP contribution is -2.51. The molecule has 0 bridgehead atoms. The smallest absolute Gasteiger partial charge is 0.339 e.